The molecule has 1 saturated heterocycles. The summed E-state index contributed by atoms with van der Waals surface area (Å²) in [6, 6.07) is 3.77. The highest BCUT2D eigenvalue weighted by Gasteiger charge is 2.28. The second-order valence-electron chi connectivity index (χ2n) is 9.12. The van der Waals surface area contributed by atoms with Gasteiger partial charge in [0.15, 0.2) is 20.7 Å². The molecule has 0 unspecified atom stereocenters. The molecule has 4 aromatic rings. The van der Waals surface area contributed by atoms with E-state index in [0.717, 1.165) is 43.6 Å². The summed E-state index contributed by atoms with van der Waals surface area (Å²) >= 11 is 1.37. The SMILES string of the molecule is CC(C)c1noc(N2CCC([C@@H](C)Oc3nn4cc(-c5ccc(S(C)(=O)=O)nc5)nc4s3)CC2)n1. The second-order valence-corrected chi connectivity index (χ2v) is 12.0. The Hall–Kier alpha value is -3.06. The van der Waals surface area contributed by atoms with E-state index in [1.54, 1.807) is 16.8 Å². The molecule has 1 atom stereocenters. The van der Waals surface area contributed by atoms with E-state index in [0.29, 0.717) is 27.8 Å². The smallest absolute Gasteiger partial charge is 0.324 e. The molecule has 13 heteroatoms. The predicted octanol–water partition coefficient (Wildman–Crippen LogP) is 3.45. The third-order valence-electron chi connectivity index (χ3n) is 6.14. The van der Waals surface area contributed by atoms with Crippen LogP contribution >= 0.6 is 11.3 Å². The molecule has 0 aliphatic carbocycles. The van der Waals surface area contributed by atoms with E-state index >= 15 is 0 Å². The molecule has 5 heterocycles. The van der Waals surface area contributed by atoms with E-state index in [1.807, 2.05) is 13.8 Å². The molecule has 4 aromatic heterocycles. The number of nitrogens with zero attached hydrogens (tertiary/aromatic N) is 7. The minimum atomic E-state index is -3.34. The lowest BCUT2D eigenvalue weighted by atomic mass is 9.92. The zero-order valence-corrected chi connectivity index (χ0v) is 21.6. The van der Waals surface area contributed by atoms with Gasteiger partial charge in [0.05, 0.1) is 11.9 Å². The van der Waals surface area contributed by atoms with E-state index in [2.05, 4.69) is 37.0 Å². The fourth-order valence-corrected chi connectivity index (χ4v) is 5.40. The lowest BCUT2D eigenvalue weighted by Gasteiger charge is -2.33. The number of anilines is 1. The zero-order chi connectivity index (χ0) is 24.7. The Morgan fingerprint density at radius 2 is 1.94 bits per heavy atom. The van der Waals surface area contributed by atoms with Crippen molar-refractivity contribution in [2.75, 3.05) is 24.2 Å². The molecule has 1 fully saturated rings. The van der Waals surface area contributed by atoms with Gasteiger partial charge in [-0.3, -0.25) is 0 Å². The van der Waals surface area contributed by atoms with Crippen molar-refractivity contribution in [1.82, 2.24) is 29.7 Å². The van der Waals surface area contributed by atoms with Gasteiger partial charge < -0.3 is 14.2 Å². The number of pyridine rings is 1. The second kappa shape index (κ2) is 9.19. The highest BCUT2D eigenvalue weighted by Crippen LogP contribution is 2.30. The first kappa shape index (κ1) is 23.7. The van der Waals surface area contributed by atoms with Crippen LogP contribution in [0, 0.1) is 5.92 Å². The standard InChI is InChI=1S/C22H27N7O4S2/c1-13(2)19-25-20(33-27-19)28-9-7-15(8-10-28)14(3)32-22-26-29-12-17(24-21(29)34-22)16-5-6-18(23-11-16)35(4,30)31/h5-6,11-15H,7-10H2,1-4H3/t14-/m1/s1. The summed E-state index contributed by atoms with van der Waals surface area (Å²) in [5.41, 5.74) is 1.39. The minimum absolute atomic E-state index is 0.00845. The highest BCUT2D eigenvalue weighted by molar-refractivity contribution is 7.90. The molecule has 0 radical (unpaired) electrons. The van der Waals surface area contributed by atoms with Crippen molar-refractivity contribution in [2.24, 2.45) is 5.92 Å². The van der Waals surface area contributed by atoms with Crippen molar-refractivity contribution in [2.45, 2.75) is 50.7 Å². The first-order valence-corrected chi connectivity index (χ1v) is 14.2. The molecule has 0 saturated carbocycles. The summed E-state index contributed by atoms with van der Waals surface area (Å²) in [5, 5.41) is 9.19. The number of hydrogen-bond donors (Lipinski definition) is 0. The summed E-state index contributed by atoms with van der Waals surface area (Å²) in [7, 11) is -3.34. The van der Waals surface area contributed by atoms with Gasteiger partial charge in [-0.1, -0.05) is 19.0 Å². The molecule has 0 bridgehead atoms. The molecule has 0 amide bonds. The van der Waals surface area contributed by atoms with Gasteiger partial charge in [0.25, 0.3) is 5.19 Å². The number of imidazole rings is 1. The van der Waals surface area contributed by atoms with E-state index in [1.165, 1.54) is 23.6 Å². The maximum absolute atomic E-state index is 11.6. The summed E-state index contributed by atoms with van der Waals surface area (Å²) in [6.45, 7) is 7.86. The lowest BCUT2D eigenvalue weighted by Crippen LogP contribution is -2.38. The van der Waals surface area contributed by atoms with Gasteiger partial charge in [-0.2, -0.15) is 4.98 Å². The zero-order valence-electron chi connectivity index (χ0n) is 19.9. The van der Waals surface area contributed by atoms with Crippen LogP contribution in [0.1, 0.15) is 45.4 Å². The Labute approximate surface area is 207 Å². The number of rotatable bonds is 7. The number of ether oxygens (including phenoxy) is 1. The van der Waals surface area contributed by atoms with E-state index in [-0.39, 0.29) is 17.0 Å². The van der Waals surface area contributed by atoms with Crippen LogP contribution in [0.25, 0.3) is 16.2 Å². The summed E-state index contributed by atoms with van der Waals surface area (Å²) in [6.07, 6.45) is 6.36. The van der Waals surface area contributed by atoms with E-state index in [4.69, 9.17) is 9.26 Å². The van der Waals surface area contributed by atoms with Gasteiger partial charge >= 0.3 is 6.01 Å². The first-order chi connectivity index (χ1) is 16.7. The molecular weight excluding hydrogens is 490 g/mol. The molecule has 1 aliphatic rings. The van der Waals surface area contributed by atoms with Gasteiger partial charge in [-0.15, -0.1) is 5.10 Å². The Bertz CT molecular complexity index is 1390. The Kier molecular flexibility index (Phi) is 6.21. The number of piperidine rings is 1. The summed E-state index contributed by atoms with van der Waals surface area (Å²) in [5.74, 6) is 1.37. The molecule has 0 aromatic carbocycles. The van der Waals surface area contributed by atoms with E-state index in [9.17, 15) is 8.42 Å². The van der Waals surface area contributed by atoms with Gasteiger partial charge in [0.1, 0.15) is 6.10 Å². The highest BCUT2D eigenvalue weighted by atomic mass is 32.2. The normalized spacial score (nSPS) is 16.3. The summed E-state index contributed by atoms with van der Waals surface area (Å²) < 4.78 is 36.5. The van der Waals surface area contributed by atoms with Crippen LogP contribution in [0.4, 0.5) is 6.01 Å². The van der Waals surface area contributed by atoms with Crippen LogP contribution in [0.5, 0.6) is 5.19 Å². The predicted molar refractivity (Wildman–Crippen MR) is 131 cm³/mol. The van der Waals surface area contributed by atoms with E-state index < -0.39 is 9.84 Å². The van der Waals surface area contributed by atoms with Crippen LogP contribution in [0.15, 0.2) is 34.1 Å². The van der Waals surface area contributed by atoms with Crippen molar-refractivity contribution in [3.05, 3.63) is 30.4 Å². The minimum Gasteiger partial charge on any atom is -0.466 e. The van der Waals surface area contributed by atoms with Crippen LogP contribution in [0.2, 0.25) is 0 Å². The molecule has 1 aliphatic heterocycles. The van der Waals surface area contributed by atoms with Crippen LogP contribution < -0.4 is 9.64 Å². The molecule has 0 N–H and O–H groups in total. The largest absolute Gasteiger partial charge is 0.466 e. The Balaban J connectivity index is 1.19. The fourth-order valence-electron chi connectivity index (χ4n) is 4.02. The number of fused-ring (bicyclic) bond motifs is 1. The van der Waals surface area contributed by atoms with Crippen LogP contribution in [0.3, 0.4) is 0 Å². The lowest BCUT2D eigenvalue weighted by molar-refractivity contribution is 0.130. The maximum Gasteiger partial charge on any atom is 0.324 e. The van der Waals surface area contributed by atoms with Gasteiger partial charge in [-0.05, 0) is 49.2 Å². The van der Waals surface area contributed by atoms with Crippen molar-refractivity contribution in [3.63, 3.8) is 0 Å². The van der Waals surface area contributed by atoms with Gasteiger partial charge in [-0.25, -0.2) is 22.9 Å². The Morgan fingerprint density at radius 3 is 2.54 bits per heavy atom. The van der Waals surface area contributed by atoms with Crippen LogP contribution in [-0.4, -0.2) is 63.6 Å². The number of aromatic nitrogens is 6. The molecule has 11 nitrogen and oxygen atoms in total. The van der Waals surface area contributed by atoms with Gasteiger partial charge in [0, 0.05) is 37.0 Å². The van der Waals surface area contributed by atoms with Crippen molar-refractivity contribution >= 4 is 32.1 Å². The van der Waals surface area contributed by atoms with Crippen molar-refractivity contribution < 1.29 is 17.7 Å². The first-order valence-electron chi connectivity index (χ1n) is 11.5. The third-order valence-corrected chi connectivity index (χ3v) is 7.96. The average Bonchev–Trinajstić information content (AvgIpc) is 3.54. The molecule has 35 heavy (non-hydrogen) atoms. The maximum atomic E-state index is 11.6. The molecular formula is C22H27N7O4S2. The number of hydrogen-bond acceptors (Lipinski definition) is 11. The number of sulfone groups is 1. The van der Waals surface area contributed by atoms with Crippen molar-refractivity contribution in [1.29, 1.82) is 0 Å². The molecule has 0 spiro atoms. The van der Waals surface area contributed by atoms with Crippen molar-refractivity contribution in [3.8, 4) is 16.5 Å². The van der Waals surface area contributed by atoms with Crippen LogP contribution in [-0.2, 0) is 9.84 Å². The summed E-state index contributed by atoms with van der Waals surface area (Å²) in [4.78, 5) is 16.0. The fraction of sp³-hybridized carbons (Fsp3) is 0.500. The quantitative estimate of drug-likeness (QED) is 0.359. The Morgan fingerprint density at radius 1 is 1.17 bits per heavy atom. The monoisotopic (exact) mass is 517 g/mol. The van der Waals surface area contributed by atoms with Gasteiger partial charge in [0.2, 0.25) is 4.96 Å². The molecule has 5 rings (SSSR count). The topological polar surface area (TPSA) is 129 Å². The average molecular weight is 518 g/mol. The third kappa shape index (κ3) is 5.01. The molecule has 186 valence electrons.